The Morgan fingerprint density at radius 3 is 2.83 bits per heavy atom. The van der Waals surface area contributed by atoms with E-state index in [1.807, 2.05) is 0 Å². The van der Waals surface area contributed by atoms with Crippen LogP contribution in [0.25, 0.3) is 0 Å². The lowest BCUT2D eigenvalue weighted by atomic mass is 10.0. The predicted molar refractivity (Wildman–Crippen MR) is 79.1 cm³/mol. The highest BCUT2D eigenvalue weighted by atomic mass is 15.2. The van der Waals surface area contributed by atoms with Crippen LogP contribution in [0.4, 0.5) is 0 Å². The number of hydrogen-bond acceptors (Lipinski definition) is 2. The van der Waals surface area contributed by atoms with Crippen molar-refractivity contribution >= 4 is 5.96 Å². The first-order valence-electron chi connectivity index (χ1n) is 7.50. The molecule has 0 amide bonds. The van der Waals surface area contributed by atoms with Crippen LogP contribution < -0.4 is 10.6 Å². The largest absolute Gasteiger partial charge is 0.357 e. The van der Waals surface area contributed by atoms with E-state index in [4.69, 9.17) is 0 Å². The van der Waals surface area contributed by atoms with Crippen molar-refractivity contribution in [2.75, 3.05) is 39.3 Å². The molecule has 4 heteroatoms. The molecular formula is C14H30N4. The molecule has 2 N–H and O–H groups in total. The highest BCUT2D eigenvalue weighted by Gasteiger charge is 2.15. The topological polar surface area (TPSA) is 39.7 Å². The van der Waals surface area contributed by atoms with Crippen LogP contribution in [0.1, 0.15) is 40.0 Å². The summed E-state index contributed by atoms with van der Waals surface area (Å²) in [6.07, 6.45) is 3.84. The smallest absolute Gasteiger partial charge is 0.191 e. The number of nitrogens with zero attached hydrogens (tertiary/aromatic N) is 2. The third-order valence-electron chi connectivity index (χ3n) is 3.30. The Morgan fingerprint density at radius 2 is 2.17 bits per heavy atom. The lowest BCUT2D eigenvalue weighted by Gasteiger charge is -2.30. The van der Waals surface area contributed by atoms with Gasteiger partial charge in [0, 0.05) is 32.7 Å². The van der Waals surface area contributed by atoms with Crippen LogP contribution in [0.5, 0.6) is 0 Å². The molecule has 1 aliphatic rings. The van der Waals surface area contributed by atoms with Crippen molar-refractivity contribution < 1.29 is 0 Å². The maximum absolute atomic E-state index is 4.51. The molecule has 106 valence electrons. The number of aliphatic imine (C=N–C) groups is 1. The summed E-state index contributed by atoms with van der Waals surface area (Å²) in [6.45, 7) is 13.1. The normalized spacial score (nSPS) is 21.9. The van der Waals surface area contributed by atoms with Gasteiger partial charge in [0.05, 0.1) is 0 Å². The Kier molecular flexibility index (Phi) is 7.81. The van der Waals surface area contributed by atoms with E-state index in [2.05, 4.69) is 41.3 Å². The average Bonchev–Trinajstić information content (AvgIpc) is 2.36. The maximum atomic E-state index is 4.51. The zero-order valence-corrected chi connectivity index (χ0v) is 12.3. The molecular weight excluding hydrogens is 224 g/mol. The van der Waals surface area contributed by atoms with Crippen molar-refractivity contribution in [3.8, 4) is 0 Å². The molecule has 0 bridgehead atoms. The second kappa shape index (κ2) is 9.20. The van der Waals surface area contributed by atoms with Gasteiger partial charge in [0.15, 0.2) is 5.96 Å². The fraction of sp³-hybridized carbons (Fsp3) is 0.929. The number of guanidine groups is 1. The number of hydrogen-bond donors (Lipinski definition) is 2. The van der Waals surface area contributed by atoms with E-state index < -0.39 is 0 Å². The minimum Gasteiger partial charge on any atom is -0.357 e. The van der Waals surface area contributed by atoms with Crippen LogP contribution in [0.15, 0.2) is 4.99 Å². The van der Waals surface area contributed by atoms with Crippen molar-refractivity contribution in [2.24, 2.45) is 10.9 Å². The van der Waals surface area contributed by atoms with Gasteiger partial charge in [0.1, 0.15) is 0 Å². The standard InChI is InChI=1S/C14H30N4/c1-4-8-16-14(15-5-2)17-9-11-18-10-6-7-13(3)12-18/h13H,4-12H2,1-3H3,(H2,15,16,17). The van der Waals surface area contributed by atoms with E-state index in [0.29, 0.717) is 0 Å². The molecule has 1 fully saturated rings. The maximum Gasteiger partial charge on any atom is 0.191 e. The van der Waals surface area contributed by atoms with Gasteiger partial charge in [0.2, 0.25) is 0 Å². The van der Waals surface area contributed by atoms with Crippen molar-refractivity contribution in [1.82, 2.24) is 15.5 Å². The fourth-order valence-corrected chi connectivity index (χ4v) is 2.39. The molecule has 0 spiro atoms. The first-order chi connectivity index (χ1) is 8.76. The fourth-order valence-electron chi connectivity index (χ4n) is 2.39. The van der Waals surface area contributed by atoms with Crippen LogP contribution in [-0.2, 0) is 0 Å². The summed E-state index contributed by atoms with van der Waals surface area (Å²) in [5.41, 5.74) is 0. The molecule has 18 heavy (non-hydrogen) atoms. The Balaban J connectivity index is 2.21. The molecule has 0 aromatic heterocycles. The van der Waals surface area contributed by atoms with Gasteiger partial charge in [-0.2, -0.15) is 0 Å². The monoisotopic (exact) mass is 254 g/mol. The van der Waals surface area contributed by atoms with E-state index >= 15 is 0 Å². The van der Waals surface area contributed by atoms with Crippen molar-refractivity contribution in [1.29, 1.82) is 0 Å². The Labute approximate surface area is 112 Å². The molecule has 0 saturated carbocycles. The first-order valence-corrected chi connectivity index (χ1v) is 7.50. The van der Waals surface area contributed by atoms with Gasteiger partial charge in [-0.1, -0.05) is 13.8 Å². The van der Waals surface area contributed by atoms with Gasteiger partial charge < -0.3 is 15.5 Å². The molecule has 1 atom stereocenters. The molecule has 1 unspecified atom stereocenters. The van der Waals surface area contributed by atoms with Gasteiger partial charge >= 0.3 is 0 Å². The van der Waals surface area contributed by atoms with E-state index in [1.165, 1.54) is 25.9 Å². The molecule has 0 radical (unpaired) electrons. The predicted octanol–water partition coefficient (Wildman–Crippen LogP) is 1.68. The number of piperidine rings is 1. The molecule has 0 aliphatic carbocycles. The molecule has 4 nitrogen and oxygen atoms in total. The summed E-state index contributed by atoms with van der Waals surface area (Å²) >= 11 is 0. The lowest BCUT2D eigenvalue weighted by molar-refractivity contribution is 0.187. The SMILES string of the molecule is CCCN=C(NCC)NCCN1CCCC(C)C1. The summed E-state index contributed by atoms with van der Waals surface area (Å²) in [7, 11) is 0. The average molecular weight is 254 g/mol. The summed E-state index contributed by atoms with van der Waals surface area (Å²) in [6, 6.07) is 0. The second-order valence-corrected chi connectivity index (χ2v) is 5.24. The van der Waals surface area contributed by atoms with E-state index in [1.54, 1.807) is 0 Å². The van der Waals surface area contributed by atoms with Crippen molar-refractivity contribution in [2.45, 2.75) is 40.0 Å². The summed E-state index contributed by atoms with van der Waals surface area (Å²) in [5.74, 6) is 1.82. The van der Waals surface area contributed by atoms with Gasteiger partial charge in [0.25, 0.3) is 0 Å². The van der Waals surface area contributed by atoms with Gasteiger partial charge in [-0.05, 0) is 38.6 Å². The highest BCUT2D eigenvalue weighted by molar-refractivity contribution is 5.79. The number of likely N-dealkylation sites (tertiary alicyclic amines) is 1. The molecule has 1 saturated heterocycles. The minimum atomic E-state index is 0.862. The lowest BCUT2D eigenvalue weighted by Crippen LogP contribution is -2.43. The zero-order chi connectivity index (χ0) is 13.2. The highest BCUT2D eigenvalue weighted by Crippen LogP contribution is 2.14. The van der Waals surface area contributed by atoms with E-state index in [0.717, 1.165) is 44.5 Å². The quantitative estimate of drug-likeness (QED) is 0.560. The van der Waals surface area contributed by atoms with Crippen LogP contribution in [0, 0.1) is 5.92 Å². The van der Waals surface area contributed by atoms with Crippen LogP contribution in [-0.4, -0.2) is 50.1 Å². The number of rotatable bonds is 6. The summed E-state index contributed by atoms with van der Waals surface area (Å²) < 4.78 is 0. The van der Waals surface area contributed by atoms with Crippen molar-refractivity contribution in [3.05, 3.63) is 0 Å². The number of nitrogens with one attached hydrogen (secondary N) is 2. The molecule has 1 rings (SSSR count). The van der Waals surface area contributed by atoms with E-state index in [9.17, 15) is 0 Å². The van der Waals surface area contributed by atoms with Crippen LogP contribution >= 0.6 is 0 Å². The molecule has 0 aromatic carbocycles. The van der Waals surface area contributed by atoms with E-state index in [-0.39, 0.29) is 0 Å². The molecule has 1 aliphatic heterocycles. The molecule has 1 heterocycles. The first kappa shape index (κ1) is 15.3. The minimum absolute atomic E-state index is 0.862. The third kappa shape index (κ3) is 6.24. The van der Waals surface area contributed by atoms with Crippen LogP contribution in [0.3, 0.4) is 0 Å². The molecule has 0 aromatic rings. The summed E-state index contributed by atoms with van der Waals surface area (Å²) in [4.78, 5) is 7.07. The summed E-state index contributed by atoms with van der Waals surface area (Å²) in [5, 5.41) is 6.70. The Morgan fingerprint density at radius 1 is 1.33 bits per heavy atom. The Bertz CT molecular complexity index is 240. The van der Waals surface area contributed by atoms with Crippen LogP contribution in [0.2, 0.25) is 0 Å². The van der Waals surface area contributed by atoms with Gasteiger partial charge in [-0.3, -0.25) is 4.99 Å². The Hall–Kier alpha value is -0.770. The van der Waals surface area contributed by atoms with Crippen molar-refractivity contribution in [3.63, 3.8) is 0 Å². The zero-order valence-electron chi connectivity index (χ0n) is 12.3. The second-order valence-electron chi connectivity index (χ2n) is 5.24. The van der Waals surface area contributed by atoms with Gasteiger partial charge in [-0.25, -0.2) is 0 Å². The van der Waals surface area contributed by atoms with Gasteiger partial charge in [-0.15, -0.1) is 0 Å². The third-order valence-corrected chi connectivity index (χ3v) is 3.30.